The summed E-state index contributed by atoms with van der Waals surface area (Å²) in [6.07, 6.45) is 3.61. The van der Waals surface area contributed by atoms with Crippen molar-refractivity contribution in [2.24, 2.45) is 0 Å². The molecule has 1 aliphatic rings. The second kappa shape index (κ2) is 7.14. The van der Waals surface area contributed by atoms with Gasteiger partial charge in [-0.15, -0.1) is 0 Å². The van der Waals surface area contributed by atoms with Crippen LogP contribution in [0.15, 0.2) is 30.6 Å². The molecule has 0 radical (unpaired) electrons. The zero-order valence-corrected chi connectivity index (χ0v) is 14.7. The van der Waals surface area contributed by atoms with Crippen molar-refractivity contribution < 1.29 is 19.0 Å². The Morgan fingerprint density at radius 2 is 2.04 bits per heavy atom. The van der Waals surface area contributed by atoms with E-state index in [0.717, 1.165) is 22.6 Å². The van der Waals surface area contributed by atoms with Gasteiger partial charge >= 0.3 is 0 Å². The molecule has 0 fully saturated rings. The Morgan fingerprint density at radius 1 is 1.28 bits per heavy atom. The molecule has 25 heavy (non-hydrogen) atoms. The van der Waals surface area contributed by atoms with E-state index in [-0.39, 0.29) is 5.91 Å². The third kappa shape index (κ3) is 3.61. The number of hydrogen-bond donors (Lipinski definition) is 1. The van der Waals surface area contributed by atoms with Crippen molar-refractivity contribution in [2.75, 3.05) is 33.5 Å². The lowest BCUT2D eigenvalue weighted by molar-refractivity contribution is -0.129. The van der Waals surface area contributed by atoms with Gasteiger partial charge in [0.25, 0.3) is 0 Å². The number of hydrogen-bond acceptors (Lipinski definition) is 5. The van der Waals surface area contributed by atoms with Crippen LogP contribution in [0.2, 0.25) is 0 Å². The van der Waals surface area contributed by atoms with Gasteiger partial charge in [-0.1, -0.05) is 6.07 Å². The zero-order chi connectivity index (χ0) is 17.9. The van der Waals surface area contributed by atoms with Crippen molar-refractivity contribution in [3.8, 4) is 22.6 Å². The van der Waals surface area contributed by atoms with E-state index in [2.05, 4.69) is 10.4 Å². The fourth-order valence-electron chi connectivity index (χ4n) is 2.59. The number of aromatic nitrogens is 2. The number of carbonyl (C=O) groups excluding carboxylic acids is 1. The maximum atomic E-state index is 12.4. The van der Waals surface area contributed by atoms with Crippen LogP contribution in [0.3, 0.4) is 0 Å². The summed E-state index contributed by atoms with van der Waals surface area (Å²) in [7, 11) is 1.60. The van der Waals surface area contributed by atoms with Crippen LogP contribution in [0.4, 0.5) is 0 Å². The molecule has 2 aromatic rings. The molecule has 0 bridgehead atoms. The van der Waals surface area contributed by atoms with E-state index in [4.69, 9.17) is 14.2 Å². The number of fused-ring (bicyclic) bond motifs is 1. The second-order valence-corrected chi connectivity index (χ2v) is 6.34. The minimum atomic E-state index is -0.806. The fraction of sp³-hybridized carbons (Fsp3) is 0.444. The number of rotatable bonds is 6. The average Bonchev–Trinajstić information content (AvgIpc) is 3.12. The summed E-state index contributed by atoms with van der Waals surface area (Å²) in [5, 5.41) is 7.23. The lowest BCUT2D eigenvalue weighted by Crippen LogP contribution is -2.45. The fourth-order valence-corrected chi connectivity index (χ4v) is 2.59. The number of amides is 1. The summed E-state index contributed by atoms with van der Waals surface area (Å²) in [5.41, 5.74) is 1.07. The van der Waals surface area contributed by atoms with Gasteiger partial charge in [0.2, 0.25) is 5.91 Å². The van der Waals surface area contributed by atoms with E-state index < -0.39 is 5.54 Å². The largest absolute Gasteiger partial charge is 0.486 e. The second-order valence-electron chi connectivity index (χ2n) is 6.34. The Hall–Kier alpha value is -2.54. The van der Waals surface area contributed by atoms with Crippen LogP contribution in [0.1, 0.15) is 13.8 Å². The molecule has 2 heterocycles. The van der Waals surface area contributed by atoms with Gasteiger partial charge in [-0.05, 0) is 31.5 Å². The van der Waals surface area contributed by atoms with Gasteiger partial charge in [-0.2, -0.15) is 5.10 Å². The summed E-state index contributed by atoms with van der Waals surface area (Å²) in [6.45, 7) is 5.71. The quantitative estimate of drug-likeness (QED) is 0.809. The topological polar surface area (TPSA) is 74.6 Å². The summed E-state index contributed by atoms with van der Waals surface area (Å²) >= 11 is 0. The number of benzene rings is 1. The molecule has 0 aliphatic carbocycles. The van der Waals surface area contributed by atoms with Crippen LogP contribution in [0.5, 0.6) is 11.5 Å². The maximum absolute atomic E-state index is 12.4. The molecule has 7 nitrogen and oxygen atoms in total. The van der Waals surface area contributed by atoms with Gasteiger partial charge in [0.1, 0.15) is 18.8 Å². The Balaban J connectivity index is 1.78. The molecule has 1 aliphatic heterocycles. The lowest BCUT2D eigenvalue weighted by atomic mass is 10.0. The molecule has 134 valence electrons. The van der Waals surface area contributed by atoms with Crippen LogP contribution in [-0.2, 0) is 15.1 Å². The van der Waals surface area contributed by atoms with Crippen LogP contribution in [0, 0.1) is 0 Å². The number of carbonyl (C=O) groups is 1. The summed E-state index contributed by atoms with van der Waals surface area (Å²) in [6, 6.07) is 5.78. The minimum absolute atomic E-state index is 0.110. The van der Waals surface area contributed by atoms with Crippen molar-refractivity contribution >= 4 is 5.91 Å². The number of nitrogens with one attached hydrogen (secondary N) is 1. The predicted octanol–water partition coefficient (Wildman–Crippen LogP) is 1.82. The van der Waals surface area contributed by atoms with Crippen molar-refractivity contribution in [2.45, 2.75) is 19.4 Å². The molecule has 0 unspecified atom stereocenters. The van der Waals surface area contributed by atoms with E-state index in [9.17, 15) is 4.79 Å². The number of ether oxygens (including phenoxy) is 3. The normalized spacial score (nSPS) is 13.6. The standard InChI is InChI=1S/C18H23N3O4/c1-18(2,17(22)19-6-7-23-3)21-12-14(11-20-21)13-4-5-15-16(10-13)25-9-8-24-15/h4-5,10-12H,6-9H2,1-3H3,(H,19,22). The molecule has 3 rings (SSSR count). The molecule has 0 atom stereocenters. The molecule has 0 saturated heterocycles. The summed E-state index contributed by atoms with van der Waals surface area (Å²) in [4.78, 5) is 12.4. The van der Waals surface area contributed by atoms with Gasteiger partial charge in [-0.25, -0.2) is 0 Å². The van der Waals surface area contributed by atoms with Crippen molar-refractivity contribution in [3.05, 3.63) is 30.6 Å². The summed E-state index contributed by atoms with van der Waals surface area (Å²) in [5.74, 6) is 1.37. The first kappa shape index (κ1) is 17.3. The zero-order valence-electron chi connectivity index (χ0n) is 14.7. The smallest absolute Gasteiger partial charge is 0.247 e. The third-order valence-electron chi connectivity index (χ3n) is 4.18. The number of nitrogens with zero attached hydrogens (tertiary/aromatic N) is 2. The molecule has 1 aromatic carbocycles. The molecule has 0 spiro atoms. The van der Waals surface area contributed by atoms with Gasteiger partial charge < -0.3 is 19.5 Å². The van der Waals surface area contributed by atoms with E-state index in [0.29, 0.717) is 26.4 Å². The van der Waals surface area contributed by atoms with E-state index in [1.807, 2.05) is 38.2 Å². The van der Waals surface area contributed by atoms with Crippen LogP contribution in [-0.4, -0.2) is 49.2 Å². The number of methoxy groups -OCH3 is 1. The highest BCUT2D eigenvalue weighted by Gasteiger charge is 2.30. The molecule has 1 N–H and O–H groups in total. The Bertz CT molecular complexity index is 755. The average molecular weight is 345 g/mol. The molecule has 1 amide bonds. The highest BCUT2D eigenvalue weighted by molar-refractivity contribution is 5.83. The van der Waals surface area contributed by atoms with Crippen molar-refractivity contribution in [1.29, 1.82) is 0 Å². The van der Waals surface area contributed by atoms with E-state index in [1.165, 1.54) is 0 Å². The van der Waals surface area contributed by atoms with Gasteiger partial charge in [0, 0.05) is 25.4 Å². The lowest BCUT2D eigenvalue weighted by Gasteiger charge is -2.24. The molecular formula is C18H23N3O4. The van der Waals surface area contributed by atoms with Crippen molar-refractivity contribution in [1.82, 2.24) is 15.1 Å². The highest BCUT2D eigenvalue weighted by atomic mass is 16.6. The predicted molar refractivity (Wildman–Crippen MR) is 92.9 cm³/mol. The van der Waals surface area contributed by atoms with Crippen LogP contribution >= 0.6 is 0 Å². The Labute approximate surface area is 146 Å². The van der Waals surface area contributed by atoms with Gasteiger partial charge in [-0.3, -0.25) is 9.48 Å². The van der Waals surface area contributed by atoms with Crippen molar-refractivity contribution in [3.63, 3.8) is 0 Å². The Kier molecular flexibility index (Phi) is 4.94. The third-order valence-corrected chi connectivity index (χ3v) is 4.18. The first-order valence-corrected chi connectivity index (χ1v) is 8.25. The molecular weight excluding hydrogens is 322 g/mol. The van der Waals surface area contributed by atoms with Gasteiger partial charge in [0.15, 0.2) is 11.5 Å². The molecule has 7 heteroatoms. The first-order chi connectivity index (χ1) is 12.0. The van der Waals surface area contributed by atoms with Crippen LogP contribution in [0.25, 0.3) is 11.1 Å². The van der Waals surface area contributed by atoms with Gasteiger partial charge in [0.05, 0.1) is 12.8 Å². The Morgan fingerprint density at radius 3 is 2.80 bits per heavy atom. The first-order valence-electron chi connectivity index (χ1n) is 8.25. The molecule has 1 aromatic heterocycles. The monoisotopic (exact) mass is 345 g/mol. The SMILES string of the molecule is COCCNC(=O)C(C)(C)n1cc(-c2ccc3c(c2)OCCO3)cn1. The van der Waals surface area contributed by atoms with Crippen LogP contribution < -0.4 is 14.8 Å². The molecule has 0 saturated carbocycles. The van der Waals surface area contributed by atoms with E-state index in [1.54, 1.807) is 18.0 Å². The minimum Gasteiger partial charge on any atom is -0.486 e. The highest BCUT2D eigenvalue weighted by Crippen LogP contribution is 2.34. The summed E-state index contributed by atoms with van der Waals surface area (Å²) < 4.78 is 17.8. The maximum Gasteiger partial charge on any atom is 0.247 e. The van der Waals surface area contributed by atoms with E-state index >= 15 is 0 Å².